The number of fused-ring (bicyclic) bond motifs is 1. The zero-order chi connectivity index (χ0) is 18.7. The number of ether oxygens (including phenoxy) is 2. The van der Waals surface area contributed by atoms with E-state index in [0.29, 0.717) is 28.0 Å². The lowest BCUT2D eigenvalue weighted by Gasteiger charge is -2.11. The van der Waals surface area contributed by atoms with E-state index in [2.05, 4.69) is 20.1 Å². The van der Waals surface area contributed by atoms with Gasteiger partial charge in [-0.1, -0.05) is 12.1 Å². The Bertz CT molecular complexity index is 980. The second-order valence-corrected chi connectivity index (χ2v) is 5.52. The van der Waals surface area contributed by atoms with Crippen LogP contribution in [0.5, 0.6) is 5.75 Å². The van der Waals surface area contributed by atoms with Crippen molar-refractivity contribution in [2.24, 2.45) is 7.05 Å². The van der Waals surface area contributed by atoms with E-state index in [1.807, 2.05) is 24.3 Å². The third-order valence-corrected chi connectivity index (χ3v) is 3.95. The number of amides is 1. The summed E-state index contributed by atoms with van der Waals surface area (Å²) in [5.41, 5.74) is 2.24. The number of methoxy groups -OCH3 is 2. The van der Waals surface area contributed by atoms with Crippen LogP contribution in [0.2, 0.25) is 0 Å². The van der Waals surface area contributed by atoms with Gasteiger partial charge in [0.05, 0.1) is 37.1 Å². The zero-order valence-electron chi connectivity index (χ0n) is 14.6. The first-order valence-electron chi connectivity index (χ1n) is 7.86. The standard InChI is InChI=1S/C18H18N4O4/c1-22-17-13(9-20-22)12(18(24)19-10-16(23)26-3)8-14(21-17)11-6-4-5-7-15(11)25-2/h4-9H,10H2,1-3H3,(H,19,24). The van der Waals surface area contributed by atoms with Crippen LogP contribution in [0, 0.1) is 0 Å². The van der Waals surface area contributed by atoms with Crippen LogP contribution < -0.4 is 10.1 Å². The van der Waals surface area contributed by atoms with E-state index < -0.39 is 11.9 Å². The SMILES string of the molecule is COC(=O)CNC(=O)c1cc(-c2ccccc2OC)nc2c1cnn2C. The van der Waals surface area contributed by atoms with Crippen molar-refractivity contribution in [1.82, 2.24) is 20.1 Å². The summed E-state index contributed by atoms with van der Waals surface area (Å²) < 4.78 is 11.5. The van der Waals surface area contributed by atoms with Crippen molar-refractivity contribution in [2.75, 3.05) is 20.8 Å². The predicted octanol–water partition coefficient (Wildman–Crippen LogP) is 1.55. The summed E-state index contributed by atoms with van der Waals surface area (Å²) in [7, 11) is 4.59. The van der Waals surface area contributed by atoms with Crippen LogP contribution >= 0.6 is 0 Å². The van der Waals surface area contributed by atoms with Crippen molar-refractivity contribution < 1.29 is 19.1 Å². The minimum absolute atomic E-state index is 0.219. The van der Waals surface area contributed by atoms with Crippen molar-refractivity contribution in [1.29, 1.82) is 0 Å². The van der Waals surface area contributed by atoms with Crippen molar-refractivity contribution in [2.45, 2.75) is 0 Å². The first-order valence-corrected chi connectivity index (χ1v) is 7.86. The summed E-state index contributed by atoms with van der Waals surface area (Å²) in [6, 6.07) is 9.06. The molecule has 0 fully saturated rings. The molecule has 0 saturated heterocycles. The van der Waals surface area contributed by atoms with Crippen LogP contribution in [-0.4, -0.2) is 47.4 Å². The fourth-order valence-electron chi connectivity index (χ4n) is 2.62. The smallest absolute Gasteiger partial charge is 0.325 e. The molecule has 26 heavy (non-hydrogen) atoms. The topological polar surface area (TPSA) is 95.3 Å². The Labute approximate surface area is 149 Å². The van der Waals surface area contributed by atoms with Gasteiger partial charge in [-0.2, -0.15) is 5.10 Å². The number of rotatable bonds is 5. The van der Waals surface area contributed by atoms with E-state index in [-0.39, 0.29) is 6.54 Å². The molecule has 0 atom stereocenters. The van der Waals surface area contributed by atoms with Crippen molar-refractivity contribution in [3.05, 3.63) is 42.1 Å². The van der Waals surface area contributed by atoms with Gasteiger partial charge in [-0.05, 0) is 18.2 Å². The van der Waals surface area contributed by atoms with Gasteiger partial charge < -0.3 is 14.8 Å². The molecule has 1 amide bonds. The Balaban J connectivity index is 2.11. The van der Waals surface area contributed by atoms with Crippen LogP contribution in [0.1, 0.15) is 10.4 Å². The average Bonchev–Trinajstić information content (AvgIpc) is 3.05. The largest absolute Gasteiger partial charge is 0.496 e. The number of nitrogens with zero attached hydrogens (tertiary/aromatic N) is 3. The van der Waals surface area contributed by atoms with Gasteiger partial charge in [-0.3, -0.25) is 14.3 Å². The lowest BCUT2D eigenvalue weighted by molar-refractivity contribution is -0.139. The van der Waals surface area contributed by atoms with E-state index in [0.717, 1.165) is 5.56 Å². The lowest BCUT2D eigenvalue weighted by atomic mass is 10.1. The Morgan fingerprint density at radius 2 is 2.00 bits per heavy atom. The van der Waals surface area contributed by atoms with Crippen molar-refractivity contribution >= 4 is 22.9 Å². The number of aromatic nitrogens is 3. The normalized spacial score (nSPS) is 10.6. The maximum absolute atomic E-state index is 12.6. The molecule has 8 heteroatoms. The quantitative estimate of drug-likeness (QED) is 0.699. The van der Waals surface area contributed by atoms with Crippen molar-refractivity contribution in [3.63, 3.8) is 0 Å². The number of hydrogen-bond donors (Lipinski definition) is 1. The summed E-state index contributed by atoms with van der Waals surface area (Å²) in [4.78, 5) is 28.5. The molecule has 2 aromatic heterocycles. The average molecular weight is 354 g/mol. The molecule has 0 radical (unpaired) electrons. The molecule has 8 nitrogen and oxygen atoms in total. The van der Waals surface area contributed by atoms with E-state index >= 15 is 0 Å². The lowest BCUT2D eigenvalue weighted by Crippen LogP contribution is -2.30. The van der Waals surface area contributed by atoms with E-state index in [9.17, 15) is 9.59 Å². The number of carbonyl (C=O) groups excluding carboxylic acids is 2. The molecule has 0 unspecified atom stereocenters. The molecule has 0 aliphatic rings. The summed E-state index contributed by atoms with van der Waals surface area (Å²) in [6.45, 7) is -0.219. The molecule has 0 aliphatic carbocycles. The summed E-state index contributed by atoms with van der Waals surface area (Å²) in [5.74, 6) is -0.297. The Morgan fingerprint density at radius 3 is 2.73 bits per heavy atom. The molecule has 1 aromatic carbocycles. The monoisotopic (exact) mass is 354 g/mol. The highest BCUT2D eigenvalue weighted by Gasteiger charge is 2.18. The highest BCUT2D eigenvalue weighted by molar-refractivity contribution is 6.07. The number of aryl methyl sites for hydroxylation is 1. The van der Waals surface area contributed by atoms with Gasteiger partial charge in [-0.25, -0.2) is 4.98 Å². The number of hydrogen-bond acceptors (Lipinski definition) is 6. The van der Waals surface area contributed by atoms with E-state index in [1.165, 1.54) is 7.11 Å². The Hall–Kier alpha value is -3.42. The van der Waals surface area contributed by atoms with Crippen molar-refractivity contribution in [3.8, 4) is 17.0 Å². The van der Waals surface area contributed by atoms with Crippen LogP contribution in [0.15, 0.2) is 36.5 Å². The molecule has 0 bridgehead atoms. The number of nitrogens with one attached hydrogen (secondary N) is 1. The molecular formula is C18H18N4O4. The van der Waals surface area contributed by atoms with E-state index in [4.69, 9.17) is 4.74 Å². The number of benzene rings is 1. The van der Waals surface area contributed by atoms with Gasteiger partial charge in [0.15, 0.2) is 5.65 Å². The number of esters is 1. The molecular weight excluding hydrogens is 336 g/mol. The van der Waals surface area contributed by atoms with Gasteiger partial charge in [0.2, 0.25) is 0 Å². The molecule has 0 spiro atoms. The van der Waals surface area contributed by atoms with Gasteiger partial charge >= 0.3 is 5.97 Å². The van der Waals surface area contributed by atoms with Crippen LogP contribution in [-0.2, 0) is 16.6 Å². The number of carbonyl (C=O) groups is 2. The first-order chi connectivity index (χ1) is 12.5. The maximum atomic E-state index is 12.6. The second kappa shape index (κ2) is 7.22. The summed E-state index contributed by atoms with van der Waals surface area (Å²) >= 11 is 0. The highest BCUT2D eigenvalue weighted by atomic mass is 16.5. The minimum Gasteiger partial charge on any atom is -0.496 e. The molecule has 2 heterocycles. The van der Waals surface area contributed by atoms with E-state index in [1.54, 1.807) is 31.1 Å². The fourth-order valence-corrected chi connectivity index (χ4v) is 2.62. The maximum Gasteiger partial charge on any atom is 0.325 e. The van der Waals surface area contributed by atoms with Gasteiger partial charge in [0, 0.05) is 12.6 Å². The van der Waals surface area contributed by atoms with Gasteiger partial charge in [0.25, 0.3) is 5.91 Å². The van der Waals surface area contributed by atoms with Gasteiger partial charge in [-0.15, -0.1) is 0 Å². The fraction of sp³-hybridized carbons (Fsp3) is 0.222. The highest BCUT2D eigenvalue weighted by Crippen LogP contribution is 2.31. The van der Waals surface area contributed by atoms with Crippen LogP contribution in [0.3, 0.4) is 0 Å². The molecule has 134 valence electrons. The van der Waals surface area contributed by atoms with Gasteiger partial charge in [0.1, 0.15) is 12.3 Å². The Kier molecular flexibility index (Phi) is 4.83. The predicted molar refractivity (Wildman–Crippen MR) is 94.8 cm³/mol. The summed E-state index contributed by atoms with van der Waals surface area (Å²) in [6.07, 6.45) is 1.57. The molecule has 3 aromatic rings. The number of para-hydroxylation sites is 1. The molecule has 0 aliphatic heterocycles. The third-order valence-electron chi connectivity index (χ3n) is 3.95. The number of pyridine rings is 1. The van der Waals surface area contributed by atoms with Crippen LogP contribution in [0.4, 0.5) is 0 Å². The Morgan fingerprint density at radius 1 is 1.23 bits per heavy atom. The summed E-state index contributed by atoms with van der Waals surface area (Å²) in [5, 5.41) is 7.32. The second-order valence-electron chi connectivity index (χ2n) is 5.52. The first kappa shape index (κ1) is 17.4. The molecule has 3 rings (SSSR count). The zero-order valence-corrected chi connectivity index (χ0v) is 14.6. The van der Waals surface area contributed by atoms with Crippen LogP contribution in [0.25, 0.3) is 22.3 Å². The minimum atomic E-state index is -0.528. The molecule has 0 saturated carbocycles. The molecule has 1 N–H and O–H groups in total. The third kappa shape index (κ3) is 3.21.